The Kier molecular flexibility index (Phi) is 2.75. The monoisotopic (exact) mass is 290 g/mol. The molecule has 0 saturated heterocycles. The molecule has 102 valence electrons. The number of benzene rings is 1. The summed E-state index contributed by atoms with van der Waals surface area (Å²) >= 11 is 0. The number of aromatic amines is 1. The molecule has 0 radical (unpaired) electrons. The predicted octanol–water partition coefficient (Wildman–Crippen LogP) is 0.736. The van der Waals surface area contributed by atoms with Gasteiger partial charge in [0.25, 0.3) is 16.0 Å². The van der Waals surface area contributed by atoms with Gasteiger partial charge < -0.3 is 10.7 Å². The summed E-state index contributed by atoms with van der Waals surface area (Å²) in [5, 5.41) is 7.68. The highest BCUT2D eigenvalue weighted by atomic mass is 32.2. The van der Waals surface area contributed by atoms with Crippen LogP contribution >= 0.6 is 0 Å². The summed E-state index contributed by atoms with van der Waals surface area (Å²) in [6, 6.07) is 4.94. The zero-order valence-corrected chi connectivity index (χ0v) is 10.9. The Labute approximate surface area is 114 Å². The summed E-state index contributed by atoms with van der Waals surface area (Å²) in [6.07, 6.45) is 4.09. The molecule has 4 N–H and O–H groups in total. The van der Waals surface area contributed by atoms with Gasteiger partial charge in [0.1, 0.15) is 4.90 Å². The van der Waals surface area contributed by atoms with E-state index in [2.05, 4.69) is 24.9 Å². The maximum absolute atomic E-state index is 12.3. The molecular weight excluding hydrogens is 280 g/mol. The van der Waals surface area contributed by atoms with Crippen LogP contribution in [0.1, 0.15) is 0 Å². The van der Waals surface area contributed by atoms with E-state index in [1.54, 1.807) is 18.2 Å². The molecule has 8 nitrogen and oxygen atoms in total. The molecule has 1 aromatic carbocycles. The molecule has 2 heterocycles. The van der Waals surface area contributed by atoms with Gasteiger partial charge in [-0.15, -0.1) is 5.10 Å². The lowest BCUT2D eigenvalue weighted by molar-refractivity contribution is 0.601. The highest BCUT2D eigenvalue weighted by Crippen LogP contribution is 2.25. The molecule has 20 heavy (non-hydrogen) atoms. The van der Waals surface area contributed by atoms with Gasteiger partial charge in [-0.1, -0.05) is 0 Å². The summed E-state index contributed by atoms with van der Waals surface area (Å²) in [5.41, 5.74) is 6.84. The minimum Gasteiger partial charge on any atom is -0.399 e. The summed E-state index contributed by atoms with van der Waals surface area (Å²) < 4.78 is 26.8. The lowest BCUT2D eigenvalue weighted by Crippen LogP contribution is -2.14. The van der Waals surface area contributed by atoms with Crippen molar-refractivity contribution in [2.24, 2.45) is 0 Å². The first-order valence-electron chi connectivity index (χ1n) is 5.59. The Balaban J connectivity index is 2.06. The minimum atomic E-state index is -3.80. The van der Waals surface area contributed by atoms with Crippen LogP contribution in [0.25, 0.3) is 10.9 Å². The van der Waals surface area contributed by atoms with E-state index in [4.69, 9.17) is 5.73 Å². The number of hydrogen-bond donors (Lipinski definition) is 3. The van der Waals surface area contributed by atoms with E-state index in [1.807, 2.05) is 0 Å². The van der Waals surface area contributed by atoms with Crippen molar-refractivity contribution in [3.8, 4) is 0 Å². The number of nitrogen functional groups attached to an aromatic ring is 1. The number of hydrogen-bond acceptors (Lipinski definition) is 6. The largest absolute Gasteiger partial charge is 0.399 e. The number of sulfonamides is 1. The Hall–Kier alpha value is -2.68. The number of nitrogens with two attached hydrogens (primary N) is 1. The Morgan fingerprint density at radius 2 is 2.10 bits per heavy atom. The van der Waals surface area contributed by atoms with Crippen LogP contribution in [0.2, 0.25) is 0 Å². The second-order valence-electron chi connectivity index (χ2n) is 4.03. The van der Waals surface area contributed by atoms with Crippen LogP contribution in [0.3, 0.4) is 0 Å². The van der Waals surface area contributed by atoms with E-state index in [9.17, 15) is 8.42 Å². The van der Waals surface area contributed by atoms with Gasteiger partial charge in [-0.25, -0.2) is 18.1 Å². The zero-order valence-electron chi connectivity index (χ0n) is 10.1. The number of nitrogens with zero attached hydrogens (tertiary/aromatic N) is 3. The molecule has 0 amide bonds. The van der Waals surface area contributed by atoms with Crippen molar-refractivity contribution in [3.63, 3.8) is 0 Å². The number of rotatable bonds is 3. The fourth-order valence-corrected chi connectivity index (χ4v) is 2.93. The van der Waals surface area contributed by atoms with Crippen LogP contribution in [0, 0.1) is 0 Å². The molecule has 0 atom stereocenters. The topological polar surface area (TPSA) is 127 Å². The van der Waals surface area contributed by atoms with Gasteiger partial charge in [-0.3, -0.25) is 0 Å². The van der Waals surface area contributed by atoms with Gasteiger partial charge in [-0.2, -0.15) is 5.10 Å². The smallest absolute Gasteiger partial charge is 0.266 e. The summed E-state index contributed by atoms with van der Waals surface area (Å²) in [7, 11) is -3.80. The molecule has 0 aliphatic carbocycles. The van der Waals surface area contributed by atoms with Gasteiger partial charge >= 0.3 is 0 Å². The fraction of sp³-hybridized carbons (Fsp3) is 0. The zero-order chi connectivity index (χ0) is 14.2. The molecule has 0 aliphatic heterocycles. The lowest BCUT2D eigenvalue weighted by Gasteiger charge is -2.04. The van der Waals surface area contributed by atoms with Crippen LogP contribution in [0.15, 0.2) is 41.7 Å². The summed E-state index contributed by atoms with van der Waals surface area (Å²) in [5.74, 6) is -0.0858. The molecule has 3 rings (SSSR count). The van der Waals surface area contributed by atoms with Gasteiger partial charge in [0.05, 0.1) is 12.4 Å². The van der Waals surface area contributed by atoms with Crippen molar-refractivity contribution >= 4 is 32.6 Å². The van der Waals surface area contributed by atoms with Crippen LogP contribution in [0.5, 0.6) is 0 Å². The van der Waals surface area contributed by atoms with Gasteiger partial charge in [0, 0.05) is 22.8 Å². The fourth-order valence-electron chi connectivity index (χ4n) is 1.81. The second kappa shape index (κ2) is 4.46. The molecule has 3 aromatic rings. The van der Waals surface area contributed by atoms with E-state index in [0.29, 0.717) is 16.6 Å². The number of aromatic nitrogens is 4. The first kappa shape index (κ1) is 12.4. The van der Waals surface area contributed by atoms with Crippen molar-refractivity contribution in [3.05, 3.63) is 36.8 Å². The normalized spacial score (nSPS) is 11.6. The van der Waals surface area contributed by atoms with Crippen molar-refractivity contribution in [2.45, 2.75) is 4.90 Å². The van der Waals surface area contributed by atoms with E-state index >= 15 is 0 Å². The maximum Gasteiger partial charge on any atom is 0.266 e. The number of H-pyrrole nitrogens is 1. The number of fused-ring (bicyclic) bond motifs is 1. The summed E-state index contributed by atoms with van der Waals surface area (Å²) in [4.78, 5) is 6.74. The minimum absolute atomic E-state index is 0.0858. The number of anilines is 2. The average molecular weight is 290 g/mol. The van der Waals surface area contributed by atoms with Crippen LogP contribution in [0.4, 0.5) is 11.6 Å². The van der Waals surface area contributed by atoms with E-state index < -0.39 is 10.0 Å². The third-order valence-electron chi connectivity index (χ3n) is 2.67. The Bertz CT molecular complexity index is 859. The van der Waals surface area contributed by atoms with Crippen molar-refractivity contribution < 1.29 is 8.42 Å². The first-order valence-corrected chi connectivity index (χ1v) is 7.08. The Morgan fingerprint density at radius 3 is 2.85 bits per heavy atom. The molecular formula is C11H10N6O2S. The molecule has 0 spiro atoms. The Morgan fingerprint density at radius 1 is 1.25 bits per heavy atom. The lowest BCUT2D eigenvalue weighted by atomic mass is 10.2. The molecule has 0 unspecified atom stereocenters. The molecule has 0 fully saturated rings. The standard InChI is InChI=1S/C11H10N6O2S/c12-7-1-2-8-9(5-7)14-6-10(8)20(18,19)17-11-13-3-4-15-16-11/h1-6,14H,12H2,(H,13,16,17). The molecule has 9 heteroatoms. The van der Waals surface area contributed by atoms with Gasteiger partial charge in [-0.05, 0) is 18.2 Å². The van der Waals surface area contributed by atoms with Gasteiger partial charge in [0.2, 0.25) is 0 Å². The highest BCUT2D eigenvalue weighted by Gasteiger charge is 2.20. The molecule has 2 aromatic heterocycles. The van der Waals surface area contributed by atoms with Crippen LogP contribution in [-0.2, 0) is 10.0 Å². The quantitative estimate of drug-likeness (QED) is 0.610. The van der Waals surface area contributed by atoms with Crippen LogP contribution < -0.4 is 10.5 Å². The van der Waals surface area contributed by atoms with Crippen molar-refractivity contribution in [1.82, 2.24) is 20.2 Å². The highest BCUT2D eigenvalue weighted by molar-refractivity contribution is 7.93. The third-order valence-corrected chi connectivity index (χ3v) is 4.03. The van der Waals surface area contributed by atoms with E-state index in [1.165, 1.54) is 18.6 Å². The predicted molar refractivity (Wildman–Crippen MR) is 73.3 cm³/mol. The average Bonchev–Trinajstić information content (AvgIpc) is 2.83. The third kappa shape index (κ3) is 2.14. The van der Waals surface area contributed by atoms with Gasteiger partial charge in [0.15, 0.2) is 0 Å². The molecule has 0 aliphatic rings. The molecule has 0 saturated carbocycles. The number of nitrogens with one attached hydrogen (secondary N) is 2. The van der Waals surface area contributed by atoms with E-state index in [-0.39, 0.29) is 10.8 Å². The first-order chi connectivity index (χ1) is 9.56. The van der Waals surface area contributed by atoms with Crippen LogP contribution in [-0.4, -0.2) is 28.6 Å². The SMILES string of the molecule is Nc1ccc2c(S(=O)(=O)Nc3nccnn3)c[nH]c2c1. The van der Waals surface area contributed by atoms with E-state index in [0.717, 1.165) is 0 Å². The van der Waals surface area contributed by atoms with Crippen molar-refractivity contribution in [2.75, 3.05) is 10.5 Å². The van der Waals surface area contributed by atoms with Crippen molar-refractivity contribution in [1.29, 1.82) is 0 Å². The summed E-state index contributed by atoms with van der Waals surface area (Å²) in [6.45, 7) is 0. The maximum atomic E-state index is 12.3. The second-order valence-corrected chi connectivity index (χ2v) is 5.68. The molecule has 0 bridgehead atoms.